The zero-order chi connectivity index (χ0) is 13.5. The van der Waals surface area contributed by atoms with Gasteiger partial charge in [0.05, 0.1) is 0 Å². The van der Waals surface area contributed by atoms with Gasteiger partial charge < -0.3 is 0 Å². The average molecular weight is 300 g/mol. The highest BCUT2D eigenvalue weighted by Gasteiger charge is 2.31. The number of thioether (sulfide) groups is 2. The molecule has 0 N–H and O–H groups in total. The van der Waals surface area contributed by atoms with Crippen LogP contribution in [0.4, 0.5) is 26.3 Å². The quantitative estimate of drug-likeness (QED) is 0.571. The predicted molar refractivity (Wildman–Crippen MR) is 60.5 cm³/mol. The van der Waals surface area contributed by atoms with E-state index in [9.17, 15) is 26.3 Å². The van der Waals surface area contributed by atoms with E-state index in [1.165, 1.54) is 0 Å². The Hall–Kier alpha value is 0.280. The van der Waals surface area contributed by atoms with Crippen LogP contribution in [0.2, 0.25) is 0 Å². The Morgan fingerprint density at radius 2 is 1.41 bits per heavy atom. The minimum absolute atomic E-state index is 0.0140. The SMILES string of the molecule is CC(CCSC(F)(F)CF)CSC(F)(F)CF. The predicted octanol–water partition coefficient (Wildman–Crippen LogP) is 4.60. The van der Waals surface area contributed by atoms with Gasteiger partial charge in [-0.1, -0.05) is 30.4 Å². The van der Waals surface area contributed by atoms with Crippen LogP contribution in [0.5, 0.6) is 0 Å². The third kappa shape index (κ3) is 8.93. The number of alkyl halides is 6. The third-order valence-electron chi connectivity index (χ3n) is 1.81. The lowest BCUT2D eigenvalue weighted by Crippen LogP contribution is -2.17. The minimum Gasteiger partial charge on any atom is -0.243 e. The van der Waals surface area contributed by atoms with E-state index in [2.05, 4.69) is 0 Å². The van der Waals surface area contributed by atoms with E-state index in [-0.39, 0.29) is 47.4 Å². The van der Waals surface area contributed by atoms with E-state index in [4.69, 9.17) is 0 Å². The summed E-state index contributed by atoms with van der Waals surface area (Å²) in [6.45, 7) is -1.87. The van der Waals surface area contributed by atoms with Crippen molar-refractivity contribution < 1.29 is 26.3 Å². The summed E-state index contributed by atoms with van der Waals surface area (Å²) >= 11 is 0.338. The van der Waals surface area contributed by atoms with Gasteiger partial charge in [0.2, 0.25) is 0 Å². The molecule has 0 radical (unpaired) electrons. The summed E-state index contributed by atoms with van der Waals surface area (Å²) in [6.07, 6.45) is 0.260. The van der Waals surface area contributed by atoms with Gasteiger partial charge >= 0.3 is 10.5 Å². The molecule has 0 amide bonds. The summed E-state index contributed by atoms with van der Waals surface area (Å²) < 4.78 is 73.4. The fourth-order valence-corrected chi connectivity index (χ4v) is 2.50. The molecule has 0 aliphatic carbocycles. The second-order valence-corrected chi connectivity index (χ2v) is 6.11. The molecule has 0 saturated carbocycles. The fraction of sp³-hybridized carbons (Fsp3) is 1.00. The van der Waals surface area contributed by atoms with Gasteiger partial charge in [-0.3, -0.25) is 0 Å². The highest BCUT2D eigenvalue weighted by molar-refractivity contribution is 8.00. The topological polar surface area (TPSA) is 0 Å². The van der Waals surface area contributed by atoms with Crippen LogP contribution in [0, 0.1) is 5.92 Å². The van der Waals surface area contributed by atoms with Crippen molar-refractivity contribution in [2.45, 2.75) is 23.9 Å². The van der Waals surface area contributed by atoms with Gasteiger partial charge in [0.1, 0.15) is 0 Å². The van der Waals surface area contributed by atoms with Crippen molar-refractivity contribution in [1.29, 1.82) is 0 Å². The third-order valence-corrected chi connectivity index (χ3v) is 4.05. The highest BCUT2D eigenvalue weighted by atomic mass is 32.2. The van der Waals surface area contributed by atoms with Crippen molar-refractivity contribution in [3.8, 4) is 0 Å². The van der Waals surface area contributed by atoms with Gasteiger partial charge in [0, 0.05) is 5.75 Å². The lowest BCUT2D eigenvalue weighted by Gasteiger charge is -2.16. The summed E-state index contributed by atoms with van der Waals surface area (Å²) in [6, 6.07) is 0. The summed E-state index contributed by atoms with van der Waals surface area (Å²) in [7, 11) is 0. The molecule has 0 bridgehead atoms. The normalized spacial score (nSPS) is 15.0. The number of hydrogen-bond donors (Lipinski definition) is 0. The first-order chi connectivity index (χ1) is 7.72. The second kappa shape index (κ2) is 7.66. The Kier molecular flexibility index (Phi) is 7.78. The van der Waals surface area contributed by atoms with Gasteiger partial charge in [0.25, 0.3) is 0 Å². The molecular weight excluding hydrogens is 286 g/mol. The molecule has 0 saturated heterocycles. The first-order valence-corrected chi connectivity index (χ1v) is 6.85. The van der Waals surface area contributed by atoms with Crippen molar-refractivity contribution in [3.05, 3.63) is 0 Å². The number of rotatable bonds is 9. The van der Waals surface area contributed by atoms with Crippen LogP contribution in [-0.2, 0) is 0 Å². The van der Waals surface area contributed by atoms with Crippen LogP contribution in [0.25, 0.3) is 0 Å². The molecule has 1 atom stereocenters. The molecule has 0 fully saturated rings. The zero-order valence-corrected chi connectivity index (χ0v) is 10.8. The van der Waals surface area contributed by atoms with Crippen LogP contribution in [0.15, 0.2) is 0 Å². The molecule has 0 aromatic rings. The number of halogens is 6. The van der Waals surface area contributed by atoms with Crippen molar-refractivity contribution in [3.63, 3.8) is 0 Å². The monoisotopic (exact) mass is 300 g/mol. The molecule has 0 rings (SSSR count). The Balaban J connectivity index is 3.71. The van der Waals surface area contributed by atoms with Crippen molar-refractivity contribution in [1.82, 2.24) is 0 Å². The summed E-state index contributed by atoms with van der Waals surface area (Å²) in [5.41, 5.74) is 0. The van der Waals surface area contributed by atoms with Crippen LogP contribution in [-0.4, -0.2) is 35.4 Å². The summed E-state index contributed by atoms with van der Waals surface area (Å²) in [5, 5.41) is -6.82. The molecular formula is C9H14F6S2. The Morgan fingerprint density at radius 3 is 1.88 bits per heavy atom. The van der Waals surface area contributed by atoms with Gasteiger partial charge in [-0.05, 0) is 18.1 Å². The van der Waals surface area contributed by atoms with Crippen LogP contribution in [0.1, 0.15) is 13.3 Å². The van der Waals surface area contributed by atoms with E-state index in [0.29, 0.717) is 0 Å². The maximum absolute atomic E-state index is 12.5. The molecule has 8 heteroatoms. The largest absolute Gasteiger partial charge is 0.321 e. The average Bonchev–Trinajstić information content (AvgIpc) is 2.26. The summed E-state index contributed by atoms with van der Waals surface area (Å²) in [5.74, 6) is -0.279. The maximum Gasteiger partial charge on any atom is 0.321 e. The Labute approximate surface area is 105 Å². The number of hydrogen-bond acceptors (Lipinski definition) is 2. The highest BCUT2D eigenvalue weighted by Crippen LogP contribution is 2.33. The molecule has 0 aliphatic rings. The van der Waals surface area contributed by atoms with Crippen LogP contribution < -0.4 is 0 Å². The summed E-state index contributed by atoms with van der Waals surface area (Å²) in [4.78, 5) is 0. The first-order valence-electron chi connectivity index (χ1n) is 4.88. The fourth-order valence-electron chi connectivity index (χ4n) is 0.834. The van der Waals surface area contributed by atoms with Crippen LogP contribution >= 0.6 is 23.5 Å². The van der Waals surface area contributed by atoms with Gasteiger partial charge in [-0.15, -0.1) is 0 Å². The second-order valence-electron chi connectivity index (χ2n) is 3.60. The standard InChI is InChI=1S/C9H14F6S2/c1-7(4-17-9(14,15)6-11)2-3-16-8(12,13)5-10/h7H,2-6H2,1H3. The van der Waals surface area contributed by atoms with E-state index in [0.717, 1.165) is 0 Å². The van der Waals surface area contributed by atoms with Crippen molar-refractivity contribution in [2.75, 3.05) is 24.9 Å². The molecule has 104 valence electrons. The molecule has 1 unspecified atom stereocenters. The maximum atomic E-state index is 12.5. The molecule has 0 aliphatic heterocycles. The smallest absolute Gasteiger partial charge is 0.243 e. The lowest BCUT2D eigenvalue weighted by molar-refractivity contribution is 0.0733. The minimum atomic E-state index is -3.41. The Morgan fingerprint density at radius 1 is 0.941 bits per heavy atom. The van der Waals surface area contributed by atoms with E-state index in [1.807, 2.05) is 0 Å². The molecule has 0 aromatic carbocycles. The van der Waals surface area contributed by atoms with Gasteiger partial charge in [-0.25, -0.2) is 8.78 Å². The van der Waals surface area contributed by atoms with E-state index in [1.54, 1.807) is 6.92 Å². The first kappa shape index (κ1) is 17.3. The zero-order valence-electron chi connectivity index (χ0n) is 9.20. The molecule has 0 nitrogen and oxygen atoms in total. The van der Waals surface area contributed by atoms with Crippen molar-refractivity contribution in [2.24, 2.45) is 5.92 Å². The van der Waals surface area contributed by atoms with E-state index < -0.39 is 23.9 Å². The Bertz CT molecular complexity index is 212. The van der Waals surface area contributed by atoms with Crippen molar-refractivity contribution >= 4 is 23.5 Å². The van der Waals surface area contributed by atoms with Crippen LogP contribution in [0.3, 0.4) is 0 Å². The molecule has 0 spiro atoms. The molecule has 17 heavy (non-hydrogen) atoms. The molecule has 0 aromatic heterocycles. The lowest BCUT2D eigenvalue weighted by atomic mass is 10.2. The molecule has 0 heterocycles. The van der Waals surface area contributed by atoms with E-state index >= 15 is 0 Å². The van der Waals surface area contributed by atoms with Gasteiger partial charge in [-0.2, -0.15) is 17.6 Å². The van der Waals surface area contributed by atoms with Gasteiger partial charge in [0.15, 0.2) is 13.3 Å².